The first-order valence-corrected chi connectivity index (χ1v) is 14.0. The molecule has 1 saturated heterocycles. The second-order valence-electron chi connectivity index (χ2n) is 12.0. The zero-order valence-corrected chi connectivity index (χ0v) is 22.0. The maximum Gasteiger partial charge on any atom is 0.238 e. The number of carbonyl (C=O) groups excluding carboxylic acids is 3. The van der Waals surface area contributed by atoms with Crippen LogP contribution in [0.2, 0.25) is 0 Å². The number of hydrogen-bond donors (Lipinski definition) is 2. The summed E-state index contributed by atoms with van der Waals surface area (Å²) in [6, 6.07) is 6.00. The Morgan fingerprint density at radius 3 is 2.08 bits per heavy atom. The lowest BCUT2D eigenvalue weighted by Crippen LogP contribution is -2.53. The Kier molecular flexibility index (Phi) is 7.38. The first-order chi connectivity index (χ1) is 17.3. The molecule has 1 aromatic rings. The molecule has 0 spiro atoms. The molecule has 4 saturated carbocycles. The maximum absolute atomic E-state index is 13.1. The van der Waals surface area contributed by atoms with Gasteiger partial charge in [-0.2, -0.15) is 0 Å². The number of piperazine rings is 1. The largest absolute Gasteiger partial charge is 0.356 e. The highest BCUT2D eigenvalue weighted by Gasteiger charge is 2.54. The van der Waals surface area contributed by atoms with Gasteiger partial charge in [0.05, 0.1) is 6.54 Å². The van der Waals surface area contributed by atoms with Gasteiger partial charge in [-0.25, -0.2) is 0 Å². The second kappa shape index (κ2) is 10.5. The molecule has 0 unspecified atom stereocenters. The van der Waals surface area contributed by atoms with Crippen LogP contribution in [-0.2, 0) is 14.4 Å². The average molecular weight is 495 g/mol. The molecular weight excluding hydrogens is 452 g/mol. The van der Waals surface area contributed by atoms with Crippen molar-refractivity contribution in [3.8, 4) is 0 Å². The van der Waals surface area contributed by atoms with Gasteiger partial charge in [0.15, 0.2) is 0 Å². The Morgan fingerprint density at radius 1 is 0.917 bits per heavy atom. The van der Waals surface area contributed by atoms with Crippen molar-refractivity contribution >= 4 is 23.4 Å². The van der Waals surface area contributed by atoms with E-state index in [-0.39, 0.29) is 23.1 Å². The van der Waals surface area contributed by atoms with Crippen LogP contribution in [0, 0.1) is 37.0 Å². The molecule has 0 atom stereocenters. The number of amides is 3. The van der Waals surface area contributed by atoms with E-state index in [1.807, 2.05) is 36.9 Å². The molecule has 5 aliphatic rings. The van der Waals surface area contributed by atoms with Crippen molar-refractivity contribution in [2.24, 2.45) is 23.2 Å². The van der Waals surface area contributed by atoms with E-state index in [0.29, 0.717) is 52.1 Å². The number of rotatable bonds is 8. The highest BCUT2D eigenvalue weighted by atomic mass is 16.2. The van der Waals surface area contributed by atoms with Crippen molar-refractivity contribution < 1.29 is 14.4 Å². The first kappa shape index (κ1) is 25.2. The van der Waals surface area contributed by atoms with Gasteiger partial charge in [0.1, 0.15) is 0 Å². The van der Waals surface area contributed by atoms with Gasteiger partial charge in [-0.05, 0) is 87.7 Å². The molecule has 6 rings (SSSR count). The smallest absolute Gasteiger partial charge is 0.238 e. The average Bonchev–Trinajstić information content (AvgIpc) is 2.83. The molecule has 4 aliphatic carbocycles. The van der Waals surface area contributed by atoms with E-state index in [4.69, 9.17) is 0 Å². The number of para-hydroxylation sites is 1. The van der Waals surface area contributed by atoms with E-state index in [9.17, 15) is 14.4 Å². The molecule has 1 aromatic carbocycles. The van der Waals surface area contributed by atoms with Gasteiger partial charge in [-0.15, -0.1) is 0 Å². The lowest BCUT2D eigenvalue weighted by atomic mass is 9.49. The number of nitrogens with zero attached hydrogens (tertiary/aromatic N) is 2. The van der Waals surface area contributed by atoms with Gasteiger partial charge in [-0.1, -0.05) is 18.2 Å². The Morgan fingerprint density at radius 2 is 1.50 bits per heavy atom. The molecule has 196 valence electrons. The van der Waals surface area contributed by atoms with Gasteiger partial charge in [0.2, 0.25) is 17.7 Å². The molecular formula is C29H42N4O3. The second-order valence-corrected chi connectivity index (χ2v) is 12.0. The number of carbonyl (C=O) groups is 3. The Balaban J connectivity index is 0.991. The topological polar surface area (TPSA) is 81.8 Å². The van der Waals surface area contributed by atoms with Crippen molar-refractivity contribution in [1.29, 1.82) is 0 Å². The van der Waals surface area contributed by atoms with Crippen molar-refractivity contribution in [2.75, 3.05) is 44.6 Å². The van der Waals surface area contributed by atoms with Crippen LogP contribution in [0.1, 0.15) is 62.5 Å². The number of aryl methyl sites for hydroxylation is 2. The highest BCUT2D eigenvalue weighted by Crippen LogP contribution is 2.60. The number of benzene rings is 1. The minimum absolute atomic E-state index is 0.0121. The number of nitrogens with one attached hydrogen (secondary N) is 2. The van der Waals surface area contributed by atoms with Gasteiger partial charge in [0, 0.05) is 50.2 Å². The van der Waals surface area contributed by atoms with E-state index in [1.165, 1.54) is 19.3 Å². The summed E-state index contributed by atoms with van der Waals surface area (Å²) >= 11 is 0. The first-order valence-electron chi connectivity index (χ1n) is 14.0. The van der Waals surface area contributed by atoms with E-state index in [1.54, 1.807) is 0 Å². The van der Waals surface area contributed by atoms with Crippen molar-refractivity contribution in [3.05, 3.63) is 29.3 Å². The van der Waals surface area contributed by atoms with E-state index in [2.05, 4.69) is 15.5 Å². The third kappa shape index (κ3) is 5.46. The maximum atomic E-state index is 13.1. The molecule has 36 heavy (non-hydrogen) atoms. The molecule has 1 heterocycles. The number of anilines is 1. The van der Waals surface area contributed by atoms with Crippen LogP contribution in [0.15, 0.2) is 18.2 Å². The fraction of sp³-hybridized carbons (Fsp3) is 0.690. The summed E-state index contributed by atoms with van der Waals surface area (Å²) in [5.74, 6) is 2.68. The predicted molar refractivity (Wildman–Crippen MR) is 140 cm³/mol. The van der Waals surface area contributed by atoms with Crippen LogP contribution in [0.3, 0.4) is 0 Å². The Bertz CT molecular complexity index is 943. The standard InChI is InChI=1S/C29H42N4O3/c1-20-5-3-6-21(2)27(20)31-25(34)19-32-9-11-33(12-10-32)26(35)7-4-8-30-28(36)29-16-22-13-23(17-29)15-24(14-22)18-29/h3,5-6,22-24H,4,7-19H2,1-2H3,(H,30,36)(H,31,34). The van der Waals surface area contributed by atoms with Gasteiger partial charge >= 0.3 is 0 Å². The molecule has 0 aromatic heterocycles. The third-order valence-corrected chi connectivity index (χ3v) is 9.21. The summed E-state index contributed by atoms with van der Waals surface area (Å²) < 4.78 is 0. The van der Waals surface area contributed by atoms with Crippen LogP contribution >= 0.6 is 0 Å². The van der Waals surface area contributed by atoms with E-state index in [0.717, 1.165) is 53.8 Å². The lowest BCUT2D eigenvalue weighted by molar-refractivity contribution is -0.146. The molecule has 7 nitrogen and oxygen atoms in total. The molecule has 3 amide bonds. The molecule has 4 bridgehead atoms. The van der Waals surface area contributed by atoms with Crippen molar-refractivity contribution in [3.63, 3.8) is 0 Å². The monoisotopic (exact) mass is 494 g/mol. The molecule has 1 aliphatic heterocycles. The Hall–Kier alpha value is -2.41. The Labute approximate surface area is 215 Å². The summed E-state index contributed by atoms with van der Waals surface area (Å²) in [6.07, 6.45) is 8.41. The SMILES string of the molecule is Cc1cccc(C)c1NC(=O)CN1CCN(C(=O)CCCNC(=O)C23CC4CC(CC(C4)C2)C3)CC1. The molecule has 2 N–H and O–H groups in total. The minimum atomic E-state index is -0.112. The van der Waals surface area contributed by atoms with Crippen LogP contribution < -0.4 is 10.6 Å². The van der Waals surface area contributed by atoms with Crippen LogP contribution in [0.4, 0.5) is 5.69 Å². The summed E-state index contributed by atoms with van der Waals surface area (Å²) in [5.41, 5.74) is 2.91. The normalized spacial score (nSPS) is 29.3. The van der Waals surface area contributed by atoms with E-state index < -0.39 is 0 Å². The fourth-order valence-electron chi connectivity index (χ4n) is 7.72. The van der Waals surface area contributed by atoms with Gasteiger partial charge in [-0.3, -0.25) is 19.3 Å². The van der Waals surface area contributed by atoms with Gasteiger partial charge < -0.3 is 15.5 Å². The summed E-state index contributed by atoms with van der Waals surface area (Å²) in [6.45, 7) is 7.63. The van der Waals surface area contributed by atoms with Crippen LogP contribution in [0.5, 0.6) is 0 Å². The van der Waals surface area contributed by atoms with E-state index >= 15 is 0 Å². The molecule has 5 fully saturated rings. The highest BCUT2D eigenvalue weighted by molar-refractivity contribution is 5.93. The third-order valence-electron chi connectivity index (χ3n) is 9.21. The summed E-state index contributed by atoms with van der Waals surface area (Å²) in [7, 11) is 0. The minimum Gasteiger partial charge on any atom is -0.356 e. The van der Waals surface area contributed by atoms with Crippen molar-refractivity contribution in [2.45, 2.75) is 65.2 Å². The lowest BCUT2D eigenvalue weighted by Gasteiger charge is -2.55. The fourth-order valence-corrected chi connectivity index (χ4v) is 7.72. The summed E-state index contributed by atoms with van der Waals surface area (Å²) in [5, 5.41) is 6.24. The van der Waals surface area contributed by atoms with Crippen LogP contribution in [0.25, 0.3) is 0 Å². The zero-order valence-electron chi connectivity index (χ0n) is 22.0. The zero-order chi connectivity index (χ0) is 25.3. The van der Waals surface area contributed by atoms with Crippen molar-refractivity contribution in [1.82, 2.24) is 15.1 Å². The molecule has 7 heteroatoms. The summed E-state index contributed by atoms with van der Waals surface area (Å²) in [4.78, 5) is 42.4. The van der Waals surface area contributed by atoms with Crippen LogP contribution in [-0.4, -0.2) is 66.8 Å². The number of hydrogen-bond acceptors (Lipinski definition) is 4. The quantitative estimate of drug-likeness (QED) is 0.542. The predicted octanol–water partition coefficient (Wildman–Crippen LogP) is 3.50. The van der Waals surface area contributed by atoms with Gasteiger partial charge in [0.25, 0.3) is 0 Å². The molecule has 0 radical (unpaired) electrons.